The summed E-state index contributed by atoms with van der Waals surface area (Å²) in [6.07, 6.45) is 1.75. The van der Waals surface area contributed by atoms with Crippen LogP contribution in [0.15, 0.2) is 58.4 Å². The number of aliphatic imine (C=N–C) groups is 1. The van der Waals surface area contributed by atoms with E-state index < -0.39 is 16.0 Å². The van der Waals surface area contributed by atoms with Crippen LogP contribution in [-0.2, 0) is 14.8 Å². The molecular formula is C22H28N4O5S. The zero-order valence-electron chi connectivity index (χ0n) is 18.0. The molecule has 3 rings (SSSR count). The van der Waals surface area contributed by atoms with E-state index in [0.29, 0.717) is 12.4 Å². The van der Waals surface area contributed by atoms with E-state index >= 15 is 0 Å². The lowest BCUT2D eigenvalue weighted by atomic mass is 10.2. The summed E-state index contributed by atoms with van der Waals surface area (Å²) in [6.45, 7) is 4.44. The van der Waals surface area contributed by atoms with Crippen LogP contribution in [0.2, 0.25) is 0 Å². The van der Waals surface area contributed by atoms with Crippen molar-refractivity contribution in [2.24, 2.45) is 4.99 Å². The van der Waals surface area contributed by atoms with Gasteiger partial charge in [0, 0.05) is 19.5 Å². The lowest BCUT2D eigenvalue weighted by molar-refractivity contribution is -0.134. The fraction of sp³-hybridized carbons (Fsp3) is 0.364. The van der Waals surface area contributed by atoms with Crippen LogP contribution in [0.1, 0.15) is 26.2 Å². The van der Waals surface area contributed by atoms with Crippen LogP contribution < -0.4 is 24.8 Å². The molecule has 0 unspecified atom stereocenters. The van der Waals surface area contributed by atoms with Gasteiger partial charge >= 0.3 is 5.97 Å². The molecule has 0 fully saturated rings. The van der Waals surface area contributed by atoms with E-state index in [2.05, 4.69) is 20.3 Å². The van der Waals surface area contributed by atoms with E-state index in [1.54, 1.807) is 37.3 Å². The largest absolute Gasteiger partial charge is 0.490 e. The van der Waals surface area contributed by atoms with Gasteiger partial charge in [-0.05, 0) is 37.1 Å². The zero-order valence-corrected chi connectivity index (χ0v) is 18.8. The van der Waals surface area contributed by atoms with Gasteiger partial charge in [-0.25, -0.2) is 8.42 Å². The predicted octanol–water partition coefficient (Wildman–Crippen LogP) is 2.51. The van der Waals surface area contributed by atoms with E-state index in [1.807, 2.05) is 0 Å². The van der Waals surface area contributed by atoms with Crippen molar-refractivity contribution < 1.29 is 22.7 Å². The lowest BCUT2D eigenvalue weighted by Gasteiger charge is -2.16. The van der Waals surface area contributed by atoms with Crippen molar-refractivity contribution in [3.63, 3.8) is 0 Å². The number of hydrogen-bond donors (Lipinski definition) is 3. The van der Waals surface area contributed by atoms with Gasteiger partial charge in [-0.1, -0.05) is 31.2 Å². The third-order valence-corrected chi connectivity index (χ3v) is 5.96. The maximum atomic E-state index is 12.7. The van der Waals surface area contributed by atoms with Crippen molar-refractivity contribution in [3.05, 3.63) is 48.5 Å². The number of hydrogen-bond acceptors (Lipinski definition) is 8. The number of rotatable bonds is 11. The summed E-state index contributed by atoms with van der Waals surface area (Å²) < 4.78 is 39.3. The number of unbranched alkanes of at least 4 members (excludes halogenated alkanes) is 1. The van der Waals surface area contributed by atoms with Gasteiger partial charge in [0.2, 0.25) is 0 Å². The molecule has 2 aromatic carbocycles. The van der Waals surface area contributed by atoms with Gasteiger partial charge in [-0.3, -0.25) is 14.5 Å². The number of nitrogens with one attached hydrogen (secondary N) is 3. The number of para-hydroxylation sites is 1. The van der Waals surface area contributed by atoms with Crippen molar-refractivity contribution in [2.75, 3.05) is 31.0 Å². The van der Waals surface area contributed by atoms with Gasteiger partial charge in [0.15, 0.2) is 17.5 Å². The summed E-state index contributed by atoms with van der Waals surface area (Å²) >= 11 is 0. The molecule has 0 aliphatic carbocycles. The summed E-state index contributed by atoms with van der Waals surface area (Å²) in [7, 11) is -3.86. The second kappa shape index (κ2) is 11.4. The van der Waals surface area contributed by atoms with Crippen LogP contribution in [0.4, 0.5) is 5.69 Å². The van der Waals surface area contributed by atoms with Gasteiger partial charge in [-0.2, -0.15) is 0 Å². The highest BCUT2D eigenvalue weighted by molar-refractivity contribution is 7.92. The fourth-order valence-electron chi connectivity index (χ4n) is 2.94. The minimum absolute atomic E-state index is 0.0569. The van der Waals surface area contributed by atoms with Gasteiger partial charge in [0.05, 0.1) is 23.7 Å². The molecule has 9 nitrogen and oxygen atoms in total. The SMILES string of the molecule is CCC(=O)Oc1c(NS(=O)(=O)c2ccccc2)cccc1OCCCCNC1=NCCN1. The average molecular weight is 461 g/mol. The van der Waals surface area contributed by atoms with Crippen molar-refractivity contribution in [3.8, 4) is 11.5 Å². The maximum absolute atomic E-state index is 12.7. The summed E-state index contributed by atoms with van der Waals surface area (Å²) in [5.41, 5.74) is 0.139. The Balaban J connectivity index is 1.66. The predicted molar refractivity (Wildman–Crippen MR) is 123 cm³/mol. The Kier molecular flexibility index (Phi) is 8.32. The second-order valence-electron chi connectivity index (χ2n) is 7.02. The molecule has 2 aromatic rings. The van der Waals surface area contributed by atoms with E-state index in [1.165, 1.54) is 18.2 Å². The van der Waals surface area contributed by atoms with Crippen molar-refractivity contribution >= 4 is 27.6 Å². The summed E-state index contributed by atoms with van der Waals surface area (Å²) in [5, 5.41) is 6.36. The number of guanidine groups is 1. The van der Waals surface area contributed by atoms with E-state index in [9.17, 15) is 13.2 Å². The third kappa shape index (κ3) is 6.61. The van der Waals surface area contributed by atoms with E-state index in [0.717, 1.165) is 38.4 Å². The molecule has 0 amide bonds. The molecule has 0 atom stereocenters. The normalized spacial score (nSPS) is 13.1. The molecule has 0 spiro atoms. The molecule has 0 radical (unpaired) electrons. The highest BCUT2D eigenvalue weighted by Gasteiger charge is 2.20. The first-order valence-corrected chi connectivity index (χ1v) is 12.0. The van der Waals surface area contributed by atoms with Gasteiger partial charge < -0.3 is 20.1 Å². The van der Waals surface area contributed by atoms with Crippen LogP contribution >= 0.6 is 0 Å². The minimum Gasteiger partial charge on any atom is -0.490 e. The van der Waals surface area contributed by atoms with Gasteiger partial charge in [0.1, 0.15) is 0 Å². The number of carbonyl (C=O) groups excluding carboxylic acids is 1. The maximum Gasteiger partial charge on any atom is 0.311 e. The van der Waals surface area contributed by atoms with Crippen molar-refractivity contribution in [2.45, 2.75) is 31.1 Å². The zero-order chi connectivity index (χ0) is 22.8. The fourth-order valence-corrected chi connectivity index (χ4v) is 4.02. The third-order valence-electron chi connectivity index (χ3n) is 4.58. The summed E-state index contributed by atoms with van der Waals surface area (Å²) in [5.74, 6) is 0.685. The van der Waals surface area contributed by atoms with Crippen molar-refractivity contribution in [1.82, 2.24) is 10.6 Å². The van der Waals surface area contributed by atoms with E-state index in [-0.39, 0.29) is 22.8 Å². The Hall–Kier alpha value is -3.27. The Morgan fingerprint density at radius 2 is 1.94 bits per heavy atom. The molecule has 3 N–H and O–H groups in total. The minimum atomic E-state index is -3.86. The van der Waals surface area contributed by atoms with Crippen LogP contribution in [0.25, 0.3) is 0 Å². The number of carbonyl (C=O) groups is 1. The number of sulfonamides is 1. The van der Waals surface area contributed by atoms with Crippen LogP contribution in [0, 0.1) is 0 Å². The average Bonchev–Trinajstić information content (AvgIpc) is 3.32. The topological polar surface area (TPSA) is 118 Å². The number of anilines is 1. The number of benzene rings is 2. The first-order chi connectivity index (χ1) is 15.5. The monoisotopic (exact) mass is 460 g/mol. The number of esters is 1. The molecule has 1 aliphatic heterocycles. The summed E-state index contributed by atoms with van der Waals surface area (Å²) in [6, 6.07) is 12.8. The number of nitrogens with zero attached hydrogens (tertiary/aromatic N) is 1. The second-order valence-corrected chi connectivity index (χ2v) is 8.70. The molecule has 32 heavy (non-hydrogen) atoms. The molecule has 172 valence electrons. The van der Waals surface area contributed by atoms with Gasteiger partial charge in [-0.15, -0.1) is 0 Å². The molecule has 1 heterocycles. The first kappa shape index (κ1) is 23.4. The molecule has 0 bridgehead atoms. The first-order valence-electron chi connectivity index (χ1n) is 10.6. The van der Waals surface area contributed by atoms with Crippen LogP contribution in [0.3, 0.4) is 0 Å². The molecule has 1 aliphatic rings. The van der Waals surface area contributed by atoms with Crippen LogP contribution in [0.5, 0.6) is 11.5 Å². The molecular weight excluding hydrogens is 432 g/mol. The number of ether oxygens (including phenoxy) is 2. The highest BCUT2D eigenvalue weighted by Crippen LogP contribution is 2.37. The quantitative estimate of drug-likeness (QED) is 0.268. The van der Waals surface area contributed by atoms with Crippen LogP contribution in [-0.4, -0.2) is 46.6 Å². The molecule has 0 saturated heterocycles. The highest BCUT2D eigenvalue weighted by atomic mass is 32.2. The Labute approximate surface area is 188 Å². The lowest BCUT2D eigenvalue weighted by Crippen LogP contribution is -2.34. The Bertz CT molecular complexity index is 1040. The molecule has 0 saturated carbocycles. The molecule has 10 heteroatoms. The van der Waals surface area contributed by atoms with Gasteiger partial charge in [0.25, 0.3) is 10.0 Å². The Morgan fingerprint density at radius 3 is 2.66 bits per heavy atom. The van der Waals surface area contributed by atoms with Crippen molar-refractivity contribution in [1.29, 1.82) is 0 Å². The summed E-state index contributed by atoms with van der Waals surface area (Å²) in [4.78, 5) is 16.4. The van der Waals surface area contributed by atoms with E-state index in [4.69, 9.17) is 9.47 Å². The Morgan fingerprint density at radius 1 is 1.12 bits per heavy atom. The standard InChI is InChI=1S/C22H28N4O5S/c1-2-20(27)31-21-18(26-32(28,29)17-9-4-3-5-10-17)11-8-12-19(21)30-16-7-6-13-23-22-24-14-15-25-22/h3-5,8-12,26H,2,6-7,13-16H2,1H3,(H2,23,24,25). The smallest absolute Gasteiger partial charge is 0.311 e. The molecule has 0 aromatic heterocycles.